The summed E-state index contributed by atoms with van der Waals surface area (Å²) >= 11 is 0. The van der Waals surface area contributed by atoms with E-state index >= 15 is 0 Å². The number of morpholine rings is 1. The summed E-state index contributed by atoms with van der Waals surface area (Å²) in [5.74, 6) is 0.811. The number of benzene rings is 1. The zero-order valence-electron chi connectivity index (χ0n) is 12.2. The molecule has 1 atom stereocenters. The Morgan fingerprint density at radius 3 is 2.90 bits per heavy atom. The Kier molecular flexibility index (Phi) is 4.34. The van der Waals surface area contributed by atoms with Gasteiger partial charge in [0.1, 0.15) is 5.69 Å². The summed E-state index contributed by atoms with van der Waals surface area (Å²) in [7, 11) is 0. The molecule has 2 aromatic rings. The molecule has 21 heavy (non-hydrogen) atoms. The molecule has 0 spiro atoms. The lowest BCUT2D eigenvalue weighted by atomic mass is 10.1. The number of hydrogen-bond acceptors (Lipinski definition) is 5. The van der Waals surface area contributed by atoms with Crippen molar-refractivity contribution in [2.75, 3.05) is 26.4 Å². The van der Waals surface area contributed by atoms with Crippen LogP contribution in [0.25, 0.3) is 11.3 Å². The summed E-state index contributed by atoms with van der Waals surface area (Å²) in [5.41, 5.74) is 3.12. The first-order chi connectivity index (χ1) is 10.3. The number of aryl methyl sites for hydroxylation is 1. The number of aromatic nitrogens is 1. The molecule has 5 heteroatoms. The molecule has 1 saturated heterocycles. The van der Waals surface area contributed by atoms with Gasteiger partial charge < -0.3 is 14.4 Å². The van der Waals surface area contributed by atoms with Gasteiger partial charge in [0.15, 0.2) is 5.76 Å². The third-order valence-electron chi connectivity index (χ3n) is 3.83. The Morgan fingerprint density at radius 1 is 1.33 bits per heavy atom. The van der Waals surface area contributed by atoms with Crippen LogP contribution in [-0.2, 0) is 11.3 Å². The molecule has 0 aliphatic carbocycles. The highest BCUT2D eigenvalue weighted by Gasteiger charge is 2.23. The molecule has 0 radical (unpaired) electrons. The summed E-state index contributed by atoms with van der Waals surface area (Å²) in [6.07, 6.45) is 0. The van der Waals surface area contributed by atoms with E-state index in [0.717, 1.165) is 23.6 Å². The third-order valence-corrected chi connectivity index (χ3v) is 3.83. The van der Waals surface area contributed by atoms with Crippen LogP contribution in [0, 0.1) is 6.92 Å². The molecule has 3 rings (SSSR count). The van der Waals surface area contributed by atoms with Crippen molar-refractivity contribution in [1.29, 1.82) is 0 Å². The van der Waals surface area contributed by atoms with Gasteiger partial charge in [-0.1, -0.05) is 35.0 Å². The van der Waals surface area contributed by atoms with Crippen LogP contribution >= 0.6 is 0 Å². The van der Waals surface area contributed by atoms with E-state index in [-0.39, 0.29) is 12.6 Å². The van der Waals surface area contributed by atoms with Gasteiger partial charge in [0.2, 0.25) is 0 Å². The predicted molar refractivity (Wildman–Crippen MR) is 78.8 cm³/mol. The topological polar surface area (TPSA) is 58.7 Å². The van der Waals surface area contributed by atoms with Gasteiger partial charge in [0.25, 0.3) is 0 Å². The molecule has 5 nitrogen and oxygen atoms in total. The molecule has 112 valence electrons. The highest BCUT2D eigenvalue weighted by atomic mass is 16.5. The summed E-state index contributed by atoms with van der Waals surface area (Å²) in [6, 6.07) is 10.2. The van der Waals surface area contributed by atoms with Gasteiger partial charge >= 0.3 is 0 Å². The van der Waals surface area contributed by atoms with E-state index in [0.29, 0.717) is 19.8 Å². The van der Waals surface area contributed by atoms with Gasteiger partial charge in [0.05, 0.1) is 32.4 Å². The van der Waals surface area contributed by atoms with Crippen LogP contribution in [0.5, 0.6) is 0 Å². The lowest BCUT2D eigenvalue weighted by Crippen LogP contribution is -2.46. The van der Waals surface area contributed by atoms with Crippen molar-refractivity contribution in [2.24, 2.45) is 0 Å². The first-order valence-corrected chi connectivity index (χ1v) is 7.21. The van der Waals surface area contributed by atoms with E-state index in [9.17, 15) is 5.11 Å². The van der Waals surface area contributed by atoms with Gasteiger partial charge in [-0.3, -0.25) is 4.90 Å². The number of nitrogens with zero attached hydrogens (tertiary/aromatic N) is 2. The van der Waals surface area contributed by atoms with Crippen LogP contribution < -0.4 is 0 Å². The summed E-state index contributed by atoms with van der Waals surface area (Å²) in [4.78, 5) is 2.17. The Hall–Kier alpha value is -1.69. The normalized spacial score (nSPS) is 19.8. The maximum Gasteiger partial charge on any atom is 0.151 e. The number of rotatable bonds is 4. The van der Waals surface area contributed by atoms with Crippen LogP contribution in [0.2, 0.25) is 0 Å². The Bertz CT molecular complexity index is 579. The maximum absolute atomic E-state index is 9.38. The lowest BCUT2D eigenvalue weighted by Gasteiger charge is -2.33. The molecule has 1 aromatic heterocycles. The second kappa shape index (κ2) is 6.39. The molecular formula is C16H20N2O3. The van der Waals surface area contributed by atoms with E-state index in [2.05, 4.69) is 29.1 Å². The van der Waals surface area contributed by atoms with Crippen LogP contribution in [0.4, 0.5) is 0 Å². The van der Waals surface area contributed by atoms with Gasteiger partial charge in [0, 0.05) is 18.2 Å². The molecule has 1 aliphatic heterocycles. The van der Waals surface area contributed by atoms with Crippen LogP contribution in [-0.4, -0.2) is 47.6 Å². The Balaban J connectivity index is 1.71. The number of aliphatic hydroxyl groups excluding tert-OH is 1. The molecule has 0 bridgehead atoms. The molecular weight excluding hydrogens is 268 g/mol. The Morgan fingerprint density at radius 2 is 2.14 bits per heavy atom. The van der Waals surface area contributed by atoms with Crippen molar-refractivity contribution < 1.29 is 14.4 Å². The summed E-state index contributed by atoms with van der Waals surface area (Å²) in [6.45, 7) is 4.86. The molecule has 2 heterocycles. The summed E-state index contributed by atoms with van der Waals surface area (Å²) < 4.78 is 10.8. The molecule has 0 amide bonds. The Labute approximate surface area is 124 Å². The van der Waals surface area contributed by atoms with E-state index in [1.54, 1.807) is 0 Å². The maximum atomic E-state index is 9.38. The van der Waals surface area contributed by atoms with Gasteiger partial charge in [-0.05, 0) is 6.92 Å². The van der Waals surface area contributed by atoms with Crippen molar-refractivity contribution >= 4 is 0 Å². The second-order valence-corrected chi connectivity index (χ2v) is 5.43. The summed E-state index contributed by atoms with van der Waals surface area (Å²) in [5, 5.41) is 13.5. The first-order valence-electron chi connectivity index (χ1n) is 7.21. The number of ether oxygens (including phenoxy) is 1. The molecule has 1 unspecified atom stereocenters. The van der Waals surface area contributed by atoms with Crippen LogP contribution in [0.3, 0.4) is 0 Å². The average Bonchev–Trinajstić information content (AvgIpc) is 2.97. The third kappa shape index (κ3) is 3.32. The van der Waals surface area contributed by atoms with Gasteiger partial charge in [-0.15, -0.1) is 0 Å². The van der Waals surface area contributed by atoms with E-state index in [4.69, 9.17) is 9.26 Å². The number of hydrogen-bond donors (Lipinski definition) is 1. The highest BCUT2D eigenvalue weighted by Crippen LogP contribution is 2.21. The van der Waals surface area contributed by atoms with Crippen molar-refractivity contribution in [3.05, 3.63) is 41.7 Å². The smallest absolute Gasteiger partial charge is 0.151 e. The van der Waals surface area contributed by atoms with Crippen molar-refractivity contribution in [3.8, 4) is 11.3 Å². The fourth-order valence-electron chi connectivity index (χ4n) is 2.51. The van der Waals surface area contributed by atoms with Gasteiger partial charge in [-0.2, -0.15) is 0 Å². The molecule has 1 aromatic carbocycles. The quantitative estimate of drug-likeness (QED) is 0.930. The second-order valence-electron chi connectivity index (χ2n) is 5.43. The minimum Gasteiger partial charge on any atom is -0.395 e. The van der Waals surface area contributed by atoms with Crippen LogP contribution in [0.1, 0.15) is 11.3 Å². The van der Waals surface area contributed by atoms with E-state index in [1.165, 1.54) is 5.56 Å². The van der Waals surface area contributed by atoms with Crippen molar-refractivity contribution in [3.63, 3.8) is 0 Å². The molecule has 1 aliphatic rings. The monoisotopic (exact) mass is 288 g/mol. The van der Waals surface area contributed by atoms with Crippen molar-refractivity contribution in [1.82, 2.24) is 10.1 Å². The molecule has 1 fully saturated rings. The fraction of sp³-hybridized carbons (Fsp3) is 0.438. The van der Waals surface area contributed by atoms with Gasteiger partial charge in [-0.25, -0.2) is 0 Å². The SMILES string of the molecule is Cc1ccc(-c2cc(CN3CCOCC3CO)on2)cc1. The molecule has 1 N–H and O–H groups in total. The zero-order valence-corrected chi connectivity index (χ0v) is 12.2. The minimum atomic E-state index is 0.0340. The average molecular weight is 288 g/mol. The lowest BCUT2D eigenvalue weighted by molar-refractivity contribution is -0.0341. The first kappa shape index (κ1) is 14.3. The molecule has 0 saturated carbocycles. The van der Waals surface area contributed by atoms with Crippen LogP contribution in [0.15, 0.2) is 34.9 Å². The minimum absolute atomic E-state index is 0.0340. The number of aliphatic hydroxyl groups is 1. The predicted octanol–water partition coefficient (Wildman–Crippen LogP) is 1.84. The largest absolute Gasteiger partial charge is 0.395 e. The highest BCUT2D eigenvalue weighted by molar-refractivity contribution is 5.59. The van der Waals surface area contributed by atoms with E-state index < -0.39 is 0 Å². The van der Waals surface area contributed by atoms with E-state index in [1.807, 2.05) is 18.2 Å². The standard InChI is InChI=1S/C16H20N2O3/c1-12-2-4-13(5-3-12)16-8-15(21-17-16)9-18-6-7-20-11-14(18)10-19/h2-5,8,14,19H,6-7,9-11H2,1H3. The zero-order chi connectivity index (χ0) is 14.7. The van der Waals surface area contributed by atoms with Crippen molar-refractivity contribution in [2.45, 2.75) is 19.5 Å². The fourth-order valence-corrected chi connectivity index (χ4v) is 2.51.